The maximum Gasteiger partial charge on any atom is 0.234 e. The van der Waals surface area contributed by atoms with Crippen molar-refractivity contribution in [3.8, 4) is 0 Å². The van der Waals surface area contributed by atoms with Crippen LogP contribution in [0.4, 0.5) is 5.69 Å². The highest BCUT2D eigenvalue weighted by Gasteiger charge is 1.98. The monoisotopic (exact) mass is 182 g/mol. The van der Waals surface area contributed by atoms with E-state index in [1.54, 1.807) is 18.5 Å². The molecule has 12 heavy (non-hydrogen) atoms. The van der Waals surface area contributed by atoms with E-state index in [-0.39, 0.29) is 5.91 Å². The lowest BCUT2D eigenvalue weighted by molar-refractivity contribution is -0.113. The summed E-state index contributed by atoms with van der Waals surface area (Å²) in [5.74, 6) is 0.491. The van der Waals surface area contributed by atoms with Crippen LogP contribution in [0.1, 0.15) is 0 Å². The smallest absolute Gasteiger partial charge is 0.234 e. The van der Waals surface area contributed by atoms with Crippen LogP contribution in [0.5, 0.6) is 0 Å². The third-order valence-electron chi connectivity index (χ3n) is 1.22. The van der Waals surface area contributed by atoms with Gasteiger partial charge in [0.2, 0.25) is 5.91 Å². The molecule has 1 aromatic heterocycles. The Morgan fingerprint density at radius 2 is 2.58 bits per heavy atom. The maximum atomic E-state index is 11.1. The zero-order valence-corrected chi connectivity index (χ0v) is 7.60. The number of amides is 1. The third-order valence-corrected chi connectivity index (χ3v) is 1.77. The average Bonchev–Trinajstić information content (AvgIpc) is 2.06. The summed E-state index contributed by atoms with van der Waals surface area (Å²) in [5, 5.41) is 2.72. The van der Waals surface area contributed by atoms with Crippen LogP contribution in [0.3, 0.4) is 0 Å². The Morgan fingerprint density at radius 3 is 3.17 bits per heavy atom. The van der Waals surface area contributed by atoms with Crippen LogP contribution >= 0.6 is 11.8 Å². The van der Waals surface area contributed by atoms with Crippen LogP contribution in [0.2, 0.25) is 0 Å². The fourth-order valence-electron chi connectivity index (χ4n) is 0.765. The Labute approximate surface area is 75.6 Å². The molecule has 0 radical (unpaired) electrons. The molecule has 1 heterocycles. The first-order valence-corrected chi connectivity index (χ1v) is 4.91. The molecule has 4 heteroatoms. The zero-order valence-electron chi connectivity index (χ0n) is 6.78. The molecule has 0 atom stereocenters. The number of hydrogen-bond acceptors (Lipinski definition) is 3. The van der Waals surface area contributed by atoms with Gasteiger partial charge in [-0.15, -0.1) is 0 Å². The highest BCUT2D eigenvalue weighted by Crippen LogP contribution is 2.03. The van der Waals surface area contributed by atoms with Gasteiger partial charge in [0.25, 0.3) is 0 Å². The number of aromatic nitrogens is 1. The van der Waals surface area contributed by atoms with Gasteiger partial charge in [0.05, 0.1) is 17.6 Å². The van der Waals surface area contributed by atoms with Gasteiger partial charge in [-0.25, -0.2) is 0 Å². The first-order valence-electron chi connectivity index (χ1n) is 3.52. The van der Waals surface area contributed by atoms with Gasteiger partial charge in [-0.3, -0.25) is 9.78 Å². The van der Waals surface area contributed by atoms with Gasteiger partial charge < -0.3 is 5.32 Å². The number of carbonyl (C=O) groups is 1. The lowest BCUT2D eigenvalue weighted by Crippen LogP contribution is -2.13. The van der Waals surface area contributed by atoms with Crippen LogP contribution in [-0.4, -0.2) is 22.9 Å². The topological polar surface area (TPSA) is 42.0 Å². The van der Waals surface area contributed by atoms with E-state index < -0.39 is 0 Å². The van der Waals surface area contributed by atoms with E-state index in [9.17, 15) is 4.79 Å². The fourth-order valence-corrected chi connectivity index (χ4v) is 1.10. The summed E-state index contributed by atoms with van der Waals surface area (Å²) < 4.78 is 0. The van der Waals surface area contributed by atoms with E-state index in [0.717, 1.165) is 5.69 Å². The van der Waals surface area contributed by atoms with Crippen molar-refractivity contribution in [3.63, 3.8) is 0 Å². The predicted molar refractivity (Wildman–Crippen MR) is 51.2 cm³/mol. The quantitative estimate of drug-likeness (QED) is 0.768. The fraction of sp³-hybridized carbons (Fsp3) is 0.250. The molecule has 1 amide bonds. The molecule has 1 aromatic rings. The number of carbonyl (C=O) groups excluding carboxylic acids is 1. The second-order valence-corrected chi connectivity index (χ2v) is 3.09. The largest absolute Gasteiger partial charge is 0.324 e. The number of rotatable bonds is 3. The summed E-state index contributed by atoms with van der Waals surface area (Å²) >= 11 is 1.50. The Morgan fingerprint density at radius 1 is 1.75 bits per heavy atom. The summed E-state index contributed by atoms with van der Waals surface area (Å²) in [6, 6.07) is 3.60. The van der Waals surface area contributed by atoms with Crippen molar-refractivity contribution in [1.29, 1.82) is 0 Å². The minimum absolute atomic E-state index is 0.00972. The van der Waals surface area contributed by atoms with Gasteiger partial charge in [-0.1, -0.05) is 0 Å². The molecule has 0 aliphatic carbocycles. The molecule has 64 valence electrons. The molecule has 0 fully saturated rings. The molecular formula is C8H10N2OS. The van der Waals surface area contributed by atoms with E-state index in [1.165, 1.54) is 11.8 Å². The average molecular weight is 182 g/mol. The van der Waals surface area contributed by atoms with Gasteiger partial charge in [-0.2, -0.15) is 11.8 Å². The Hall–Kier alpha value is -1.03. The first kappa shape index (κ1) is 9.06. The SMILES string of the molecule is CSCC(=O)Nc1cccnc1. The number of anilines is 1. The summed E-state index contributed by atoms with van der Waals surface area (Å²) in [6.07, 6.45) is 5.19. The van der Waals surface area contributed by atoms with Gasteiger partial charge in [-0.05, 0) is 18.4 Å². The lowest BCUT2D eigenvalue weighted by Gasteiger charge is -2.01. The minimum atomic E-state index is 0.00972. The number of nitrogens with zero attached hydrogens (tertiary/aromatic N) is 1. The summed E-state index contributed by atoms with van der Waals surface area (Å²) in [4.78, 5) is 14.9. The van der Waals surface area contributed by atoms with Crippen molar-refractivity contribution in [2.75, 3.05) is 17.3 Å². The third kappa shape index (κ3) is 2.92. The summed E-state index contributed by atoms with van der Waals surface area (Å²) in [7, 11) is 0. The second-order valence-electron chi connectivity index (χ2n) is 2.22. The normalized spacial score (nSPS) is 9.42. The standard InChI is InChI=1S/C8H10N2OS/c1-12-6-8(11)10-7-3-2-4-9-5-7/h2-5H,6H2,1H3,(H,10,11). The van der Waals surface area contributed by atoms with Gasteiger partial charge >= 0.3 is 0 Å². The van der Waals surface area contributed by atoms with E-state index in [1.807, 2.05) is 12.3 Å². The van der Waals surface area contributed by atoms with Crippen molar-refractivity contribution >= 4 is 23.4 Å². The van der Waals surface area contributed by atoms with Gasteiger partial charge in [0, 0.05) is 6.20 Å². The molecule has 0 saturated carbocycles. The van der Waals surface area contributed by atoms with Crippen molar-refractivity contribution in [2.45, 2.75) is 0 Å². The number of pyridine rings is 1. The number of thioether (sulfide) groups is 1. The lowest BCUT2D eigenvalue weighted by atomic mass is 10.4. The van der Waals surface area contributed by atoms with Crippen molar-refractivity contribution in [3.05, 3.63) is 24.5 Å². The molecule has 0 spiro atoms. The number of hydrogen-bond donors (Lipinski definition) is 1. The van der Waals surface area contributed by atoms with Crippen LogP contribution < -0.4 is 5.32 Å². The molecular weight excluding hydrogens is 172 g/mol. The molecule has 3 nitrogen and oxygen atoms in total. The Bertz CT molecular complexity index is 250. The van der Waals surface area contributed by atoms with Crippen LogP contribution in [0, 0.1) is 0 Å². The summed E-state index contributed by atoms with van der Waals surface area (Å²) in [6.45, 7) is 0. The van der Waals surface area contributed by atoms with Crippen LogP contribution in [-0.2, 0) is 4.79 Å². The van der Waals surface area contributed by atoms with E-state index >= 15 is 0 Å². The van der Waals surface area contributed by atoms with Gasteiger partial charge in [0.1, 0.15) is 0 Å². The Kier molecular flexibility index (Phi) is 3.60. The van der Waals surface area contributed by atoms with Crippen molar-refractivity contribution in [1.82, 2.24) is 4.98 Å². The van der Waals surface area contributed by atoms with E-state index in [2.05, 4.69) is 10.3 Å². The molecule has 0 bridgehead atoms. The number of nitrogens with one attached hydrogen (secondary N) is 1. The minimum Gasteiger partial charge on any atom is -0.324 e. The highest BCUT2D eigenvalue weighted by atomic mass is 32.2. The van der Waals surface area contributed by atoms with Crippen molar-refractivity contribution < 1.29 is 4.79 Å². The molecule has 0 aliphatic rings. The van der Waals surface area contributed by atoms with Crippen molar-refractivity contribution in [2.24, 2.45) is 0 Å². The van der Waals surface area contributed by atoms with E-state index in [0.29, 0.717) is 5.75 Å². The molecule has 1 N–H and O–H groups in total. The van der Waals surface area contributed by atoms with E-state index in [4.69, 9.17) is 0 Å². The molecule has 0 saturated heterocycles. The molecule has 0 unspecified atom stereocenters. The predicted octanol–water partition coefficient (Wildman–Crippen LogP) is 1.38. The maximum absolute atomic E-state index is 11.1. The molecule has 0 aromatic carbocycles. The van der Waals surface area contributed by atoms with Crippen LogP contribution in [0.25, 0.3) is 0 Å². The molecule has 0 aliphatic heterocycles. The summed E-state index contributed by atoms with van der Waals surface area (Å²) in [5.41, 5.74) is 0.747. The first-order chi connectivity index (χ1) is 5.83. The van der Waals surface area contributed by atoms with Crippen LogP contribution in [0.15, 0.2) is 24.5 Å². The van der Waals surface area contributed by atoms with Gasteiger partial charge in [0.15, 0.2) is 0 Å². The highest BCUT2D eigenvalue weighted by molar-refractivity contribution is 7.99. The zero-order chi connectivity index (χ0) is 8.81. The molecule has 1 rings (SSSR count). The second kappa shape index (κ2) is 4.77. The Balaban J connectivity index is 2.47.